The maximum Gasteiger partial charge on any atom is 0.147 e. The van der Waals surface area contributed by atoms with Gasteiger partial charge in [0, 0.05) is 23.1 Å². The van der Waals surface area contributed by atoms with Gasteiger partial charge in [0.05, 0.1) is 10.2 Å². The van der Waals surface area contributed by atoms with Crippen LogP contribution in [-0.4, -0.2) is 17.0 Å². The highest BCUT2D eigenvalue weighted by Crippen LogP contribution is 2.30. The fraction of sp³-hybridized carbons (Fsp3) is 0.455. The topological polar surface area (TPSA) is 12.0 Å². The first-order valence-electron chi connectivity index (χ1n) is 5.09. The SMILES string of the molecule is CC1CC(Nc2cc(F)c(Br)cc2F)CS1. The quantitative estimate of drug-likeness (QED) is 0.828. The molecule has 0 aromatic heterocycles. The highest BCUT2D eigenvalue weighted by atomic mass is 79.9. The Balaban J connectivity index is 2.12. The molecule has 2 rings (SSSR count). The van der Waals surface area contributed by atoms with Crippen LogP contribution in [0.3, 0.4) is 0 Å². The molecule has 1 heterocycles. The van der Waals surface area contributed by atoms with Crippen molar-refractivity contribution in [3.05, 3.63) is 28.2 Å². The first-order valence-corrected chi connectivity index (χ1v) is 6.93. The number of benzene rings is 1. The lowest BCUT2D eigenvalue weighted by atomic mass is 10.2. The van der Waals surface area contributed by atoms with E-state index in [1.54, 1.807) is 0 Å². The first-order chi connectivity index (χ1) is 7.56. The lowest BCUT2D eigenvalue weighted by molar-refractivity contribution is 0.593. The van der Waals surface area contributed by atoms with E-state index < -0.39 is 11.6 Å². The fourth-order valence-electron chi connectivity index (χ4n) is 1.77. The summed E-state index contributed by atoms with van der Waals surface area (Å²) in [5, 5.41) is 3.64. The molecular weight excluding hydrogens is 296 g/mol. The standard InChI is InChI=1S/C11H12BrF2NS/c1-6-2-7(5-16-6)15-11-4-9(13)8(12)3-10(11)14/h3-4,6-7,15H,2,5H2,1H3. The summed E-state index contributed by atoms with van der Waals surface area (Å²) in [6.45, 7) is 2.14. The summed E-state index contributed by atoms with van der Waals surface area (Å²) in [6, 6.07) is 2.59. The van der Waals surface area contributed by atoms with Gasteiger partial charge in [-0.05, 0) is 28.4 Å². The van der Waals surface area contributed by atoms with Gasteiger partial charge in [-0.25, -0.2) is 8.78 Å². The number of rotatable bonds is 2. The third-order valence-electron chi connectivity index (χ3n) is 2.57. The molecule has 1 aliphatic heterocycles. The largest absolute Gasteiger partial charge is 0.379 e. The van der Waals surface area contributed by atoms with Gasteiger partial charge >= 0.3 is 0 Å². The summed E-state index contributed by atoms with van der Waals surface area (Å²) < 4.78 is 26.9. The van der Waals surface area contributed by atoms with Gasteiger partial charge in [-0.2, -0.15) is 11.8 Å². The third-order valence-corrected chi connectivity index (χ3v) is 4.53. The minimum Gasteiger partial charge on any atom is -0.379 e. The second kappa shape index (κ2) is 4.92. The third kappa shape index (κ3) is 2.69. The lowest BCUT2D eigenvalue weighted by Gasteiger charge is -2.14. The van der Waals surface area contributed by atoms with Crippen LogP contribution < -0.4 is 5.32 Å². The van der Waals surface area contributed by atoms with Gasteiger partial charge in [0.15, 0.2) is 0 Å². The molecule has 2 unspecified atom stereocenters. The number of nitrogens with one attached hydrogen (secondary N) is 1. The van der Waals surface area contributed by atoms with Crippen molar-refractivity contribution in [2.75, 3.05) is 11.1 Å². The van der Waals surface area contributed by atoms with Crippen LogP contribution in [0.5, 0.6) is 0 Å². The van der Waals surface area contributed by atoms with Crippen LogP contribution in [0.1, 0.15) is 13.3 Å². The Labute approximate surface area is 106 Å². The van der Waals surface area contributed by atoms with E-state index in [1.807, 2.05) is 11.8 Å². The number of anilines is 1. The maximum atomic E-state index is 13.5. The molecule has 1 fully saturated rings. The Morgan fingerprint density at radius 1 is 1.38 bits per heavy atom. The summed E-state index contributed by atoms with van der Waals surface area (Å²) in [6.07, 6.45) is 0.988. The van der Waals surface area contributed by atoms with Crippen molar-refractivity contribution in [3.8, 4) is 0 Å². The maximum absolute atomic E-state index is 13.5. The van der Waals surface area contributed by atoms with Crippen molar-refractivity contribution >= 4 is 33.4 Å². The summed E-state index contributed by atoms with van der Waals surface area (Å²) in [7, 11) is 0. The molecule has 0 spiro atoms. The number of hydrogen-bond donors (Lipinski definition) is 1. The average molecular weight is 308 g/mol. The molecule has 1 saturated heterocycles. The normalized spacial score (nSPS) is 24.8. The molecule has 2 atom stereocenters. The number of halogens is 3. The Hall–Kier alpha value is -0.290. The van der Waals surface area contributed by atoms with Crippen LogP contribution in [-0.2, 0) is 0 Å². The van der Waals surface area contributed by atoms with Gasteiger partial charge in [0.25, 0.3) is 0 Å². The molecule has 16 heavy (non-hydrogen) atoms. The molecule has 1 nitrogen and oxygen atoms in total. The Kier molecular flexibility index (Phi) is 3.74. The summed E-state index contributed by atoms with van der Waals surface area (Å²) in [5.41, 5.74) is 0.250. The zero-order valence-electron chi connectivity index (χ0n) is 8.77. The molecule has 88 valence electrons. The van der Waals surface area contributed by atoms with Crippen LogP contribution in [0, 0.1) is 11.6 Å². The predicted octanol–water partition coefficient (Wildman–Crippen LogP) is 4.03. The van der Waals surface area contributed by atoms with E-state index in [0.29, 0.717) is 5.25 Å². The summed E-state index contributed by atoms with van der Waals surface area (Å²) >= 11 is 4.81. The summed E-state index contributed by atoms with van der Waals surface area (Å²) in [4.78, 5) is 0. The Morgan fingerprint density at radius 2 is 2.12 bits per heavy atom. The minimum atomic E-state index is -0.442. The van der Waals surface area contributed by atoms with Gasteiger partial charge < -0.3 is 5.32 Å². The fourth-order valence-corrected chi connectivity index (χ4v) is 3.23. The molecule has 0 saturated carbocycles. The van der Waals surface area contributed by atoms with Crippen molar-refractivity contribution in [2.45, 2.75) is 24.6 Å². The molecule has 0 amide bonds. The van der Waals surface area contributed by atoms with Gasteiger partial charge in [-0.3, -0.25) is 0 Å². The van der Waals surface area contributed by atoms with E-state index in [-0.39, 0.29) is 16.2 Å². The molecule has 1 aromatic carbocycles. The smallest absolute Gasteiger partial charge is 0.147 e. The van der Waals surface area contributed by atoms with Crippen molar-refractivity contribution in [1.29, 1.82) is 0 Å². The van der Waals surface area contributed by atoms with Gasteiger partial charge in [0.1, 0.15) is 11.6 Å². The Bertz CT molecular complexity index is 400. The van der Waals surface area contributed by atoms with Gasteiger partial charge in [0.2, 0.25) is 0 Å². The molecule has 1 aliphatic rings. The zero-order valence-corrected chi connectivity index (χ0v) is 11.2. The predicted molar refractivity (Wildman–Crippen MR) is 68.0 cm³/mol. The highest BCUT2D eigenvalue weighted by Gasteiger charge is 2.22. The first kappa shape index (κ1) is 12.2. The zero-order chi connectivity index (χ0) is 11.7. The molecule has 0 aliphatic carbocycles. The van der Waals surface area contributed by atoms with Gasteiger partial charge in [-0.1, -0.05) is 6.92 Å². The molecule has 0 bridgehead atoms. The summed E-state index contributed by atoms with van der Waals surface area (Å²) in [5.74, 6) is 0.0820. The van der Waals surface area contributed by atoms with Crippen molar-refractivity contribution < 1.29 is 8.78 Å². The van der Waals surface area contributed by atoms with E-state index in [0.717, 1.165) is 18.2 Å². The van der Waals surface area contributed by atoms with Crippen molar-refractivity contribution in [2.24, 2.45) is 0 Å². The molecule has 5 heteroatoms. The lowest BCUT2D eigenvalue weighted by Crippen LogP contribution is -2.19. The molecule has 1 aromatic rings. The van der Waals surface area contributed by atoms with Crippen LogP contribution in [0.4, 0.5) is 14.5 Å². The molecule has 1 N–H and O–H groups in total. The van der Waals surface area contributed by atoms with Crippen LogP contribution in [0.15, 0.2) is 16.6 Å². The van der Waals surface area contributed by atoms with Crippen molar-refractivity contribution in [1.82, 2.24) is 0 Å². The van der Waals surface area contributed by atoms with E-state index in [2.05, 4.69) is 28.2 Å². The monoisotopic (exact) mass is 307 g/mol. The van der Waals surface area contributed by atoms with Crippen LogP contribution >= 0.6 is 27.7 Å². The number of hydrogen-bond acceptors (Lipinski definition) is 2. The molecule has 0 radical (unpaired) electrons. The van der Waals surface area contributed by atoms with E-state index in [9.17, 15) is 8.78 Å². The van der Waals surface area contributed by atoms with Crippen LogP contribution in [0.25, 0.3) is 0 Å². The second-order valence-electron chi connectivity index (χ2n) is 3.97. The number of thioether (sulfide) groups is 1. The minimum absolute atomic E-state index is 0.157. The van der Waals surface area contributed by atoms with Crippen molar-refractivity contribution in [3.63, 3.8) is 0 Å². The van der Waals surface area contributed by atoms with Gasteiger partial charge in [-0.15, -0.1) is 0 Å². The molecular formula is C11H12BrF2NS. The highest BCUT2D eigenvalue weighted by molar-refractivity contribution is 9.10. The average Bonchev–Trinajstić information content (AvgIpc) is 2.60. The van der Waals surface area contributed by atoms with E-state index in [4.69, 9.17) is 0 Å². The Morgan fingerprint density at radius 3 is 2.75 bits per heavy atom. The van der Waals surface area contributed by atoms with E-state index >= 15 is 0 Å². The van der Waals surface area contributed by atoms with E-state index in [1.165, 1.54) is 6.07 Å². The van der Waals surface area contributed by atoms with Crippen LogP contribution in [0.2, 0.25) is 0 Å². The second-order valence-corrected chi connectivity index (χ2v) is 6.29.